The van der Waals surface area contributed by atoms with Crippen molar-refractivity contribution in [2.45, 2.75) is 6.92 Å². The summed E-state index contributed by atoms with van der Waals surface area (Å²) in [5, 5.41) is 15.0. The average molecular weight is 384 g/mol. The van der Waals surface area contributed by atoms with Crippen LogP contribution in [0.3, 0.4) is 0 Å². The Morgan fingerprint density at radius 2 is 1.93 bits per heavy atom. The molecule has 8 heteroatoms. The number of aromatic carboxylic acids is 1. The minimum Gasteiger partial charge on any atom is -0.545 e. The van der Waals surface area contributed by atoms with E-state index in [0.29, 0.717) is 23.8 Å². The first kappa shape index (κ1) is 20.8. The molecule has 0 radical (unpaired) electrons. The minimum atomic E-state index is -1.25. The number of hydrogen-bond acceptors (Lipinski definition) is 7. The van der Waals surface area contributed by atoms with Crippen molar-refractivity contribution < 1.29 is 24.2 Å². The largest absolute Gasteiger partial charge is 0.545 e. The number of likely N-dealkylation sites (N-methyl/N-ethyl adjacent to an activating group) is 1. The van der Waals surface area contributed by atoms with Crippen molar-refractivity contribution in [3.63, 3.8) is 0 Å². The number of carbonyl (C=O) groups is 2. The summed E-state index contributed by atoms with van der Waals surface area (Å²) in [6.07, 6.45) is 1.56. The van der Waals surface area contributed by atoms with Crippen molar-refractivity contribution in [3.8, 4) is 11.5 Å². The van der Waals surface area contributed by atoms with E-state index >= 15 is 0 Å². The SMILES string of the molecule is CCOc1cc(/C=N\Nc2cccc(C(=O)[O-])c2)ccc1OCC(=O)N(C)C. The quantitative estimate of drug-likeness (QED) is 0.517. The van der Waals surface area contributed by atoms with Crippen LogP contribution in [0.2, 0.25) is 0 Å². The van der Waals surface area contributed by atoms with Gasteiger partial charge in [-0.1, -0.05) is 12.1 Å². The van der Waals surface area contributed by atoms with Gasteiger partial charge in [-0.15, -0.1) is 0 Å². The molecule has 0 fully saturated rings. The molecule has 148 valence electrons. The van der Waals surface area contributed by atoms with Crippen molar-refractivity contribution in [2.75, 3.05) is 32.7 Å². The second-order valence-corrected chi connectivity index (χ2v) is 5.95. The zero-order chi connectivity index (χ0) is 20.5. The van der Waals surface area contributed by atoms with Gasteiger partial charge in [-0.25, -0.2) is 0 Å². The Hall–Kier alpha value is -3.55. The molecule has 0 saturated carbocycles. The topological polar surface area (TPSA) is 103 Å². The van der Waals surface area contributed by atoms with Crippen LogP contribution in [-0.2, 0) is 4.79 Å². The third-order valence-electron chi connectivity index (χ3n) is 3.62. The molecule has 1 amide bonds. The zero-order valence-corrected chi connectivity index (χ0v) is 16.0. The lowest BCUT2D eigenvalue weighted by Crippen LogP contribution is -2.27. The normalized spacial score (nSPS) is 10.5. The van der Waals surface area contributed by atoms with E-state index in [4.69, 9.17) is 9.47 Å². The first-order valence-corrected chi connectivity index (χ1v) is 8.61. The highest BCUT2D eigenvalue weighted by Gasteiger charge is 2.10. The van der Waals surface area contributed by atoms with Gasteiger partial charge in [0, 0.05) is 14.1 Å². The highest BCUT2D eigenvalue weighted by atomic mass is 16.5. The Kier molecular flexibility index (Phi) is 7.38. The number of hydrazone groups is 1. The molecule has 2 aromatic carbocycles. The maximum absolute atomic E-state index is 11.7. The van der Waals surface area contributed by atoms with Crippen molar-refractivity contribution in [2.24, 2.45) is 5.10 Å². The van der Waals surface area contributed by atoms with E-state index in [9.17, 15) is 14.7 Å². The summed E-state index contributed by atoms with van der Waals surface area (Å²) in [5.41, 5.74) is 4.08. The molecule has 0 aliphatic rings. The third kappa shape index (κ3) is 6.01. The van der Waals surface area contributed by atoms with Crippen molar-refractivity contribution in [3.05, 3.63) is 53.6 Å². The fraction of sp³-hybridized carbons (Fsp3) is 0.250. The van der Waals surface area contributed by atoms with Gasteiger partial charge in [0.05, 0.1) is 24.5 Å². The molecular formula is C20H22N3O5-. The van der Waals surface area contributed by atoms with Crippen molar-refractivity contribution >= 4 is 23.8 Å². The number of nitrogens with zero attached hydrogens (tertiary/aromatic N) is 2. The van der Waals surface area contributed by atoms with Gasteiger partial charge in [0.15, 0.2) is 18.1 Å². The molecule has 28 heavy (non-hydrogen) atoms. The van der Waals surface area contributed by atoms with Crippen LogP contribution in [0.25, 0.3) is 0 Å². The second-order valence-electron chi connectivity index (χ2n) is 5.95. The number of anilines is 1. The summed E-state index contributed by atoms with van der Waals surface area (Å²) in [6.45, 7) is 2.20. The van der Waals surface area contributed by atoms with E-state index in [-0.39, 0.29) is 18.1 Å². The number of hydrogen-bond donors (Lipinski definition) is 1. The van der Waals surface area contributed by atoms with Crippen LogP contribution in [0, 0.1) is 0 Å². The molecule has 0 aromatic heterocycles. The molecule has 0 heterocycles. The molecule has 2 rings (SSSR count). The van der Waals surface area contributed by atoms with Crippen molar-refractivity contribution in [1.29, 1.82) is 0 Å². The monoisotopic (exact) mass is 384 g/mol. The Morgan fingerprint density at radius 1 is 1.14 bits per heavy atom. The zero-order valence-electron chi connectivity index (χ0n) is 16.0. The van der Waals surface area contributed by atoms with Gasteiger partial charge in [0.2, 0.25) is 0 Å². The number of nitrogens with one attached hydrogen (secondary N) is 1. The van der Waals surface area contributed by atoms with E-state index in [2.05, 4.69) is 10.5 Å². The second kappa shape index (κ2) is 9.96. The fourth-order valence-electron chi connectivity index (χ4n) is 2.16. The van der Waals surface area contributed by atoms with Crippen LogP contribution in [0.5, 0.6) is 11.5 Å². The summed E-state index contributed by atoms with van der Waals surface area (Å²) in [5.74, 6) is -0.450. The van der Waals surface area contributed by atoms with E-state index in [1.807, 2.05) is 6.92 Å². The number of ether oxygens (including phenoxy) is 2. The molecule has 2 aromatic rings. The average Bonchev–Trinajstić information content (AvgIpc) is 2.67. The predicted molar refractivity (Wildman–Crippen MR) is 104 cm³/mol. The highest BCUT2D eigenvalue weighted by molar-refractivity contribution is 5.87. The molecule has 0 bridgehead atoms. The fourth-order valence-corrected chi connectivity index (χ4v) is 2.16. The smallest absolute Gasteiger partial charge is 0.259 e. The number of carboxylic acid groups (broad SMARTS) is 1. The molecule has 0 saturated heterocycles. The molecule has 0 spiro atoms. The number of carboxylic acids is 1. The van der Waals surface area contributed by atoms with Gasteiger partial charge in [-0.2, -0.15) is 5.10 Å². The summed E-state index contributed by atoms with van der Waals surface area (Å²) < 4.78 is 11.1. The Balaban J connectivity index is 2.08. The minimum absolute atomic E-state index is 0.0626. The van der Waals surface area contributed by atoms with Gasteiger partial charge in [0.1, 0.15) is 0 Å². The first-order chi connectivity index (χ1) is 13.4. The Labute approximate surface area is 163 Å². The standard InChI is InChI=1S/C20H23N3O5/c1-4-27-18-10-14(8-9-17(18)28-13-19(24)23(2)3)12-21-22-16-7-5-6-15(11-16)20(25)26/h5-12,22H,4,13H2,1-3H3,(H,25,26)/p-1/b21-12-. The maximum Gasteiger partial charge on any atom is 0.259 e. The molecule has 1 N–H and O–H groups in total. The predicted octanol–water partition coefficient (Wildman–Crippen LogP) is 1.36. The van der Waals surface area contributed by atoms with Gasteiger partial charge in [-0.3, -0.25) is 10.2 Å². The molecule has 0 aliphatic heterocycles. The Bertz CT molecular complexity index is 865. The first-order valence-electron chi connectivity index (χ1n) is 8.61. The van der Waals surface area contributed by atoms with Crippen LogP contribution in [0.1, 0.15) is 22.8 Å². The summed E-state index contributed by atoms with van der Waals surface area (Å²) in [4.78, 5) is 24.0. The lowest BCUT2D eigenvalue weighted by atomic mass is 10.2. The number of amides is 1. The maximum atomic E-state index is 11.7. The molecule has 0 aliphatic carbocycles. The summed E-state index contributed by atoms with van der Waals surface area (Å²) in [7, 11) is 3.31. The number of rotatable bonds is 9. The van der Waals surface area contributed by atoms with Gasteiger partial charge in [0.25, 0.3) is 5.91 Å². The van der Waals surface area contributed by atoms with E-state index in [1.54, 1.807) is 50.6 Å². The Morgan fingerprint density at radius 3 is 2.61 bits per heavy atom. The van der Waals surface area contributed by atoms with Crippen LogP contribution in [0.15, 0.2) is 47.6 Å². The van der Waals surface area contributed by atoms with Gasteiger partial charge >= 0.3 is 0 Å². The van der Waals surface area contributed by atoms with Crippen LogP contribution in [0.4, 0.5) is 5.69 Å². The third-order valence-corrected chi connectivity index (χ3v) is 3.62. The molecular weight excluding hydrogens is 362 g/mol. The van der Waals surface area contributed by atoms with E-state index < -0.39 is 5.97 Å². The molecule has 0 atom stereocenters. The van der Waals surface area contributed by atoms with Gasteiger partial charge in [-0.05, 0) is 48.4 Å². The van der Waals surface area contributed by atoms with Crippen LogP contribution < -0.4 is 20.0 Å². The van der Waals surface area contributed by atoms with E-state index in [0.717, 1.165) is 5.56 Å². The molecule has 0 unspecified atom stereocenters. The van der Waals surface area contributed by atoms with E-state index in [1.165, 1.54) is 17.0 Å². The lowest BCUT2D eigenvalue weighted by molar-refractivity contribution is -0.255. The lowest BCUT2D eigenvalue weighted by Gasteiger charge is -2.14. The summed E-state index contributed by atoms with van der Waals surface area (Å²) >= 11 is 0. The molecule has 8 nitrogen and oxygen atoms in total. The summed E-state index contributed by atoms with van der Waals surface area (Å²) in [6, 6.07) is 11.4. The highest BCUT2D eigenvalue weighted by Crippen LogP contribution is 2.28. The van der Waals surface area contributed by atoms with Crippen molar-refractivity contribution in [1.82, 2.24) is 4.90 Å². The van der Waals surface area contributed by atoms with Gasteiger partial charge < -0.3 is 24.3 Å². The number of benzene rings is 2. The van der Waals surface area contributed by atoms with Crippen LogP contribution in [-0.4, -0.2) is 50.3 Å². The van der Waals surface area contributed by atoms with Crippen LogP contribution >= 0.6 is 0 Å². The number of carbonyl (C=O) groups excluding carboxylic acids is 2.